The molecule has 1 aliphatic carbocycles. The molecule has 0 radical (unpaired) electrons. The maximum Gasteiger partial charge on any atom is 0.332 e. The van der Waals surface area contributed by atoms with Gasteiger partial charge < -0.3 is 4.74 Å². The molecule has 2 fully saturated rings. The van der Waals surface area contributed by atoms with Gasteiger partial charge in [0.15, 0.2) is 5.60 Å². The van der Waals surface area contributed by atoms with Gasteiger partial charge in [-0.05, 0) is 41.5 Å². The van der Waals surface area contributed by atoms with Crippen molar-refractivity contribution in [1.82, 2.24) is 4.90 Å². The number of carbonyl (C=O) groups is 1. The van der Waals surface area contributed by atoms with Crippen molar-refractivity contribution < 1.29 is 9.53 Å². The Balaban J connectivity index is 1.59. The molecule has 4 aliphatic rings. The number of fused-ring (bicyclic) bond motifs is 3. The van der Waals surface area contributed by atoms with Crippen LogP contribution in [0.1, 0.15) is 57.6 Å². The molecule has 1 unspecified atom stereocenters. The van der Waals surface area contributed by atoms with Crippen LogP contribution in [0.5, 0.6) is 0 Å². The SMILES string of the molecule is CC(C)(C)c1ccc(C2=C[C@@H]3CC4(OC(=O)C=C24)[C@H]2CCCCN32)cc1. The van der Waals surface area contributed by atoms with Crippen LogP contribution < -0.4 is 0 Å². The average molecular weight is 349 g/mol. The fourth-order valence-corrected chi connectivity index (χ4v) is 5.46. The van der Waals surface area contributed by atoms with Gasteiger partial charge in [-0.15, -0.1) is 0 Å². The average Bonchev–Trinajstić information content (AvgIpc) is 3.09. The molecule has 136 valence electrons. The van der Waals surface area contributed by atoms with Crippen molar-refractivity contribution in [3.63, 3.8) is 0 Å². The first kappa shape index (κ1) is 16.3. The zero-order valence-electron chi connectivity index (χ0n) is 15.9. The Morgan fingerprint density at radius 2 is 1.92 bits per heavy atom. The second-order valence-corrected chi connectivity index (χ2v) is 9.30. The van der Waals surface area contributed by atoms with E-state index in [0.29, 0.717) is 12.1 Å². The zero-order chi connectivity index (χ0) is 18.1. The van der Waals surface area contributed by atoms with E-state index < -0.39 is 5.60 Å². The molecule has 5 rings (SSSR count). The number of rotatable bonds is 1. The van der Waals surface area contributed by atoms with Gasteiger partial charge in [0.05, 0.1) is 6.04 Å². The molecule has 0 amide bonds. The maximum absolute atomic E-state index is 12.3. The highest BCUT2D eigenvalue weighted by atomic mass is 16.6. The molecule has 3 atom stereocenters. The minimum atomic E-state index is -0.408. The van der Waals surface area contributed by atoms with E-state index in [1.54, 1.807) is 6.08 Å². The largest absolute Gasteiger partial charge is 0.449 e. The topological polar surface area (TPSA) is 29.5 Å². The van der Waals surface area contributed by atoms with Crippen molar-refractivity contribution in [3.05, 3.63) is 53.1 Å². The highest BCUT2D eigenvalue weighted by Gasteiger charge is 2.61. The van der Waals surface area contributed by atoms with Gasteiger partial charge in [-0.3, -0.25) is 4.90 Å². The van der Waals surface area contributed by atoms with Crippen LogP contribution in [-0.2, 0) is 14.9 Å². The van der Waals surface area contributed by atoms with Crippen molar-refractivity contribution in [3.8, 4) is 0 Å². The van der Waals surface area contributed by atoms with Gasteiger partial charge in [0.25, 0.3) is 0 Å². The number of hydrogen-bond donors (Lipinski definition) is 0. The second-order valence-electron chi connectivity index (χ2n) is 9.30. The number of nitrogens with zero attached hydrogens (tertiary/aromatic N) is 1. The van der Waals surface area contributed by atoms with Crippen LogP contribution in [0.2, 0.25) is 0 Å². The Kier molecular flexibility index (Phi) is 3.34. The van der Waals surface area contributed by atoms with E-state index in [4.69, 9.17) is 4.74 Å². The molecule has 1 spiro atoms. The van der Waals surface area contributed by atoms with E-state index >= 15 is 0 Å². The summed E-state index contributed by atoms with van der Waals surface area (Å²) in [7, 11) is 0. The number of ether oxygens (including phenoxy) is 1. The molecule has 3 heterocycles. The maximum atomic E-state index is 12.3. The van der Waals surface area contributed by atoms with Gasteiger partial charge in [-0.2, -0.15) is 0 Å². The minimum Gasteiger partial charge on any atom is -0.449 e. The van der Waals surface area contributed by atoms with Gasteiger partial charge in [0.1, 0.15) is 0 Å². The number of hydrogen-bond acceptors (Lipinski definition) is 3. The molecule has 26 heavy (non-hydrogen) atoms. The van der Waals surface area contributed by atoms with Crippen LogP contribution in [0, 0.1) is 0 Å². The van der Waals surface area contributed by atoms with Gasteiger partial charge in [-0.1, -0.05) is 57.5 Å². The van der Waals surface area contributed by atoms with Crippen LogP contribution in [-0.4, -0.2) is 35.1 Å². The summed E-state index contributed by atoms with van der Waals surface area (Å²) in [6.45, 7) is 7.83. The van der Waals surface area contributed by atoms with Crippen LogP contribution in [0.3, 0.4) is 0 Å². The van der Waals surface area contributed by atoms with Crippen LogP contribution in [0.4, 0.5) is 0 Å². The normalized spacial score (nSPS) is 33.3. The van der Waals surface area contributed by atoms with E-state index in [-0.39, 0.29) is 11.4 Å². The van der Waals surface area contributed by atoms with Crippen LogP contribution in [0.25, 0.3) is 5.57 Å². The lowest BCUT2D eigenvalue weighted by Crippen LogP contribution is -2.48. The fourth-order valence-electron chi connectivity index (χ4n) is 5.46. The molecule has 0 aromatic heterocycles. The van der Waals surface area contributed by atoms with E-state index in [1.807, 2.05) is 0 Å². The molecule has 1 aromatic carbocycles. The summed E-state index contributed by atoms with van der Waals surface area (Å²) in [5.41, 5.74) is 4.61. The van der Waals surface area contributed by atoms with Crippen molar-refractivity contribution in [2.45, 2.75) is 69.6 Å². The van der Waals surface area contributed by atoms with Gasteiger partial charge in [0.2, 0.25) is 0 Å². The lowest BCUT2D eigenvalue weighted by atomic mass is 9.74. The molecule has 3 aliphatic heterocycles. The predicted molar refractivity (Wildman–Crippen MR) is 103 cm³/mol. The lowest BCUT2D eigenvalue weighted by molar-refractivity contribution is -0.148. The Morgan fingerprint density at radius 1 is 1.15 bits per heavy atom. The van der Waals surface area contributed by atoms with Crippen LogP contribution >= 0.6 is 0 Å². The first-order valence-corrected chi connectivity index (χ1v) is 9.92. The quantitative estimate of drug-likeness (QED) is 0.711. The van der Waals surface area contributed by atoms with Crippen molar-refractivity contribution in [1.29, 1.82) is 0 Å². The third-order valence-electron chi connectivity index (χ3n) is 6.73. The van der Waals surface area contributed by atoms with Crippen molar-refractivity contribution >= 4 is 11.5 Å². The van der Waals surface area contributed by atoms with E-state index in [2.05, 4.69) is 56.0 Å². The first-order chi connectivity index (χ1) is 12.4. The van der Waals surface area contributed by atoms with Crippen LogP contribution in [0.15, 0.2) is 42.0 Å². The van der Waals surface area contributed by atoms with E-state index in [9.17, 15) is 4.79 Å². The summed E-state index contributed by atoms with van der Waals surface area (Å²) in [5.74, 6) is -0.162. The Hall–Kier alpha value is -1.87. The fraction of sp³-hybridized carbons (Fsp3) is 0.522. The smallest absolute Gasteiger partial charge is 0.332 e. The summed E-state index contributed by atoms with van der Waals surface area (Å²) < 4.78 is 6.03. The predicted octanol–water partition coefficient (Wildman–Crippen LogP) is 4.23. The summed E-state index contributed by atoms with van der Waals surface area (Å²) in [5, 5.41) is 0. The Labute approximate surface area is 155 Å². The highest BCUT2D eigenvalue weighted by Crippen LogP contribution is 2.55. The monoisotopic (exact) mass is 349 g/mol. The molecule has 2 bridgehead atoms. The Bertz CT molecular complexity index is 827. The summed E-state index contributed by atoms with van der Waals surface area (Å²) in [4.78, 5) is 14.9. The molecular formula is C23H27NO2. The highest BCUT2D eigenvalue weighted by molar-refractivity contribution is 5.97. The molecule has 3 heteroatoms. The van der Waals surface area contributed by atoms with E-state index in [0.717, 1.165) is 25.0 Å². The number of carbonyl (C=O) groups excluding carboxylic acids is 1. The van der Waals surface area contributed by atoms with E-state index in [1.165, 1.54) is 29.5 Å². The first-order valence-electron chi connectivity index (χ1n) is 9.92. The third-order valence-corrected chi connectivity index (χ3v) is 6.73. The zero-order valence-corrected chi connectivity index (χ0v) is 15.9. The number of benzene rings is 1. The van der Waals surface area contributed by atoms with Crippen molar-refractivity contribution in [2.75, 3.05) is 6.54 Å². The standard InChI is InChI=1S/C23H27NO2/c1-22(2,3)16-9-7-15(8-10-16)18-12-17-14-23(19(18)13-21(25)26-23)20-6-4-5-11-24(17)20/h7-10,12-13,17,20H,4-6,11,14H2,1-3H3/t17-,20-,23?/m1/s1. The van der Waals surface area contributed by atoms with Crippen molar-refractivity contribution in [2.24, 2.45) is 0 Å². The molecule has 0 N–H and O–H groups in total. The molecule has 3 nitrogen and oxygen atoms in total. The van der Waals surface area contributed by atoms with Gasteiger partial charge >= 0.3 is 5.97 Å². The third kappa shape index (κ3) is 2.19. The summed E-state index contributed by atoms with van der Waals surface area (Å²) >= 11 is 0. The molecule has 0 saturated carbocycles. The summed E-state index contributed by atoms with van der Waals surface area (Å²) in [6, 6.07) is 9.62. The number of esters is 1. The Morgan fingerprint density at radius 3 is 2.65 bits per heavy atom. The van der Waals surface area contributed by atoms with Gasteiger partial charge in [0, 0.05) is 24.1 Å². The summed E-state index contributed by atoms with van der Waals surface area (Å²) in [6.07, 6.45) is 8.70. The second kappa shape index (κ2) is 5.32. The minimum absolute atomic E-state index is 0.145. The lowest BCUT2D eigenvalue weighted by Gasteiger charge is -2.38. The number of piperidine rings is 1. The molecular weight excluding hydrogens is 322 g/mol. The van der Waals surface area contributed by atoms with Gasteiger partial charge in [-0.25, -0.2) is 4.79 Å². The molecule has 2 saturated heterocycles. The molecule has 1 aromatic rings.